The molecular formula is C19H23N3O2. The first kappa shape index (κ1) is 16.4. The number of aromatic amines is 1. The van der Waals surface area contributed by atoms with Crippen molar-refractivity contribution in [3.8, 4) is 0 Å². The summed E-state index contributed by atoms with van der Waals surface area (Å²) in [6, 6.07) is 9.32. The van der Waals surface area contributed by atoms with Gasteiger partial charge in [0.05, 0.1) is 12.1 Å². The van der Waals surface area contributed by atoms with E-state index in [-0.39, 0.29) is 17.7 Å². The van der Waals surface area contributed by atoms with Crippen LogP contribution in [0.5, 0.6) is 0 Å². The highest BCUT2D eigenvalue weighted by Gasteiger charge is 2.31. The molecular weight excluding hydrogens is 302 g/mol. The highest BCUT2D eigenvalue weighted by Crippen LogP contribution is 2.23. The largest absolute Gasteiger partial charge is 0.339 e. The quantitative estimate of drug-likeness (QED) is 0.860. The molecule has 1 aliphatic heterocycles. The Morgan fingerprint density at radius 2 is 2.00 bits per heavy atom. The summed E-state index contributed by atoms with van der Waals surface area (Å²) in [7, 11) is 0. The molecule has 5 heteroatoms. The summed E-state index contributed by atoms with van der Waals surface area (Å²) in [6.07, 6.45) is 2.61. The van der Waals surface area contributed by atoms with Crippen molar-refractivity contribution in [1.82, 2.24) is 15.1 Å². The van der Waals surface area contributed by atoms with Gasteiger partial charge in [0, 0.05) is 35.8 Å². The van der Waals surface area contributed by atoms with Crippen LogP contribution in [0.4, 0.5) is 0 Å². The first-order valence-corrected chi connectivity index (χ1v) is 8.44. The number of Topliss-reactive ketones (excluding diaryl/α,β-unsaturated/α-hetero) is 1. The zero-order chi connectivity index (χ0) is 17.1. The van der Waals surface area contributed by atoms with E-state index < -0.39 is 0 Å². The zero-order valence-electron chi connectivity index (χ0n) is 14.2. The zero-order valence-corrected chi connectivity index (χ0v) is 14.2. The summed E-state index contributed by atoms with van der Waals surface area (Å²) < 4.78 is 0. The first-order chi connectivity index (χ1) is 11.6. The van der Waals surface area contributed by atoms with Gasteiger partial charge in [-0.1, -0.05) is 30.3 Å². The summed E-state index contributed by atoms with van der Waals surface area (Å²) in [4.78, 5) is 27.0. The molecule has 1 amide bonds. The van der Waals surface area contributed by atoms with Crippen molar-refractivity contribution in [2.45, 2.75) is 45.6 Å². The lowest BCUT2D eigenvalue weighted by Crippen LogP contribution is -2.38. The Hall–Kier alpha value is -2.43. The Labute approximate surface area is 142 Å². The second-order valence-corrected chi connectivity index (χ2v) is 6.47. The number of rotatable bonds is 5. The van der Waals surface area contributed by atoms with E-state index in [1.807, 2.05) is 49.1 Å². The number of aryl methyl sites for hydroxylation is 2. The average Bonchev–Trinajstić information content (AvgIpc) is 3.17. The summed E-state index contributed by atoms with van der Waals surface area (Å²) in [5.41, 5.74) is 3.51. The predicted molar refractivity (Wildman–Crippen MR) is 91.9 cm³/mol. The number of likely N-dealkylation sites (tertiary alicyclic amines) is 1. The molecule has 24 heavy (non-hydrogen) atoms. The molecule has 1 atom stereocenters. The van der Waals surface area contributed by atoms with E-state index in [4.69, 9.17) is 0 Å². The van der Waals surface area contributed by atoms with Crippen molar-refractivity contribution < 1.29 is 9.59 Å². The topological polar surface area (TPSA) is 66.1 Å². The Morgan fingerprint density at radius 1 is 1.25 bits per heavy atom. The maximum absolute atomic E-state index is 12.7. The molecule has 1 aliphatic rings. The standard InChI is InChI=1S/C19H23N3O2/c1-13-17(14(2)21-20-13)12-19(24)22-10-6-9-16(22)11-18(23)15-7-4-3-5-8-15/h3-5,7-8,16H,6,9-12H2,1-2H3,(H,20,21). The van der Waals surface area contributed by atoms with Crippen LogP contribution in [-0.4, -0.2) is 39.4 Å². The van der Waals surface area contributed by atoms with Crippen LogP contribution in [-0.2, 0) is 11.2 Å². The summed E-state index contributed by atoms with van der Waals surface area (Å²) in [5, 5.41) is 7.08. The minimum atomic E-state index is 0.0118. The molecule has 1 fully saturated rings. The van der Waals surface area contributed by atoms with Crippen molar-refractivity contribution in [3.05, 3.63) is 52.8 Å². The molecule has 0 spiro atoms. The molecule has 126 valence electrons. The SMILES string of the molecule is Cc1n[nH]c(C)c1CC(=O)N1CCCC1CC(=O)c1ccccc1. The Kier molecular flexibility index (Phi) is 4.79. The van der Waals surface area contributed by atoms with Crippen LogP contribution in [0.3, 0.4) is 0 Å². The van der Waals surface area contributed by atoms with Gasteiger partial charge in [-0.25, -0.2) is 0 Å². The van der Waals surface area contributed by atoms with Gasteiger partial charge in [0.1, 0.15) is 0 Å². The molecule has 1 unspecified atom stereocenters. The van der Waals surface area contributed by atoms with Crippen LogP contribution in [0.1, 0.15) is 46.6 Å². The normalized spacial score (nSPS) is 17.2. The fourth-order valence-electron chi connectivity index (χ4n) is 3.42. The smallest absolute Gasteiger partial charge is 0.227 e. The van der Waals surface area contributed by atoms with E-state index in [1.54, 1.807) is 0 Å². The van der Waals surface area contributed by atoms with Gasteiger partial charge in [0.15, 0.2) is 5.78 Å². The Balaban J connectivity index is 1.67. The van der Waals surface area contributed by atoms with E-state index >= 15 is 0 Å². The summed E-state index contributed by atoms with van der Waals surface area (Å²) in [5.74, 6) is 0.196. The minimum absolute atomic E-state index is 0.0118. The molecule has 0 saturated carbocycles. The number of aromatic nitrogens is 2. The molecule has 1 aromatic heterocycles. The Bertz CT molecular complexity index is 717. The lowest BCUT2D eigenvalue weighted by atomic mass is 10.0. The summed E-state index contributed by atoms with van der Waals surface area (Å²) >= 11 is 0. The number of hydrogen-bond acceptors (Lipinski definition) is 3. The van der Waals surface area contributed by atoms with E-state index in [9.17, 15) is 9.59 Å². The van der Waals surface area contributed by atoms with Crippen LogP contribution in [0.15, 0.2) is 30.3 Å². The second-order valence-electron chi connectivity index (χ2n) is 6.47. The van der Waals surface area contributed by atoms with Gasteiger partial charge < -0.3 is 4.90 Å². The number of nitrogens with zero attached hydrogens (tertiary/aromatic N) is 2. The fourth-order valence-corrected chi connectivity index (χ4v) is 3.42. The van der Waals surface area contributed by atoms with Crippen LogP contribution >= 0.6 is 0 Å². The number of ketones is 1. The van der Waals surface area contributed by atoms with Crippen molar-refractivity contribution in [2.24, 2.45) is 0 Å². The molecule has 1 saturated heterocycles. The second kappa shape index (κ2) is 6.99. The molecule has 2 aromatic rings. The minimum Gasteiger partial charge on any atom is -0.339 e. The van der Waals surface area contributed by atoms with Gasteiger partial charge in [-0.2, -0.15) is 5.10 Å². The van der Waals surface area contributed by atoms with Crippen molar-refractivity contribution in [2.75, 3.05) is 6.54 Å². The number of carbonyl (C=O) groups excluding carboxylic acids is 2. The monoisotopic (exact) mass is 325 g/mol. The molecule has 2 heterocycles. The van der Waals surface area contributed by atoms with Gasteiger partial charge in [-0.05, 0) is 26.7 Å². The van der Waals surface area contributed by atoms with Crippen LogP contribution < -0.4 is 0 Å². The van der Waals surface area contributed by atoms with Crippen molar-refractivity contribution in [1.29, 1.82) is 0 Å². The third kappa shape index (κ3) is 3.40. The molecule has 0 radical (unpaired) electrons. The molecule has 1 N–H and O–H groups in total. The molecule has 3 rings (SSSR count). The number of benzene rings is 1. The van der Waals surface area contributed by atoms with Gasteiger partial charge in [-0.15, -0.1) is 0 Å². The van der Waals surface area contributed by atoms with E-state index in [0.717, 1.165) is 41.9 Å². The Morgan fingerprint density at radius 3 is 2.67 bits per heavy atom. The van der Waals surface area contributed by atoms with Gasteiger partial charge in [0.2, 0.25) is 5.91 Å². The summed E-state index contributed by atoms with van der Waals surface area (Å²) in [6.45, 7) is 4.58. The lowest BCUT2D eigenvalue weighted by molar-refractivity contribution is -0.131. The molecule has 5 nitrogen and oxygen atoms in total. The number of nitrogens with one attached hydrogen (secondary N) is 1. The van der Waals surface area contributed by atoms with Crippen LogP contribution in [0.2, 0.25) is 0 Å². The number of carbonyl (C=O) groups is 2. The highest BCUT2D eigenvalue weighted by atomic mass is 16.2. The van der Waals surface area contributed by atoms with Crippen molar-refractivity contribution in [3.63, 3.8) is 0 Å². The molecule has 0 bridgehead atoms. The van der Waals surface area contributed by atoms with Crippen LogP contribution in [0.25, 0.3) is 0 Å². The number of amides is 1. The van der Waals surface area contributed by atoms with Crippen LogP contribution in [0, 0.1) is 13.8 Å². The van der Waals surface area contributed by atoms with Gasteiger partial charge in [-0.3, -0.25) is 14.7 Å². The first-order valence-electron chi connectivity index (χ1n) is 8.44. The van der Waals surface area contributed by atoms with Gasteiger partial charge >= 0.3 is 0 Å². The van der Waals surface area contributed by atoms with E-state index in [0.29, 0.717) is 12.8 Å². The van der Waals surface area contributed by atoms with E-state index in [1.165, 1.54) is 0 Å². The molecule has 0 aliphatic carbocycles. The van der Waals surface area contributed by atoms with E-state index in [2.05, 4.69) is 10.2 Å². The third-order valence-corrected chi connectivity index (χ3v) is 4.82. The maximum atomic E-state index is 12.7. The number of hydrogen-bond donors (Lipinski definition) is 1. The number of H-pyrrole nitrogens is 1. The lowest BCUT2D eigenvalue weighted by Gasteiger charge is -2.24. The molecule has 1 aromatic carbocycles. The van der Waals surface area contributed by atoms with Crippen molar-refractivity contribution >= 4 is 11.7 Å². The average molecular weight is 325 g/mol. The maximum Gasteiger partial charge on any atom is 0.227 e. The predicted octanol–water partition coefficient (Wildman–Crippen LogP) is 2.83. The highest BCUT2D eigenvalue weighted by molar-refractivity contribution is 5.96. The van der Waals surface area contributed by atoms with Gasteiger partial charge in [0.25, 0.3) is 0 Å². The third-order valence-electron chi connectivity index (χ3n) is 4.82. The fraction of sp³-hybridized carbons (Fsp3) is 0.421.